The van der Waals surface area contributed by atoms with Crippen molar-refractivity contribution in [1.82, 2.24) is 14.9 Å². The van der Waals surface area contributed by atoms with E-state index in [0.717, 1.165) is 19.6 Å². The Labute approximate surface area is 95.7 Å². The zero-order chi connectivity index (χ0) is 11.8. The van der Waals surface area contributed by atoms with Crippen LogP contribution in [0, 0.1) is 11.3 Å². The summed E-state index contributed by atoms with van der Waals surface area (Å²) in [6, 6.07) is 1.91. The Hall–Kier alpha value is -1.67. The maximum atomic E-state index is 8.54. The second-order valence-electron chi connectivity index (χ2n) is 3.23. The summed E-state index contributed by atoms with van der Waals surface area (Å²) in [6.07, 6.45) is 2.88. The quantitative estimate of drug-likeness (QED) is 0.717. The molecule has 0 spiro atoms. The molecule has 1 heterocycles. The summed E-state index contributed by atoms with van der Waals surface area (Å²) in [7, 11) is 0. The first-order chi connectivity index (χ1) is 7.80. The summed E-state index contributed by atoms with van der Waals surface area (Å²) in [4.78, 5) is 10.1. The summed E-state index contributed by atoms with van der Waals surface area (Å²) in [6.45, 7) is 7.71. The molecule has 0 fully saturated rings. The van der Waals surface area contributed by atoms with E-state index in [4.69, 9.17) is 10.00 Å². The standard InChI is InChI=1S/C11H16N4O/c1-3-15(4-2)5-6-16-11-9-13-10(7-12)8-14-11/h8-9H,3-6H2,1-2H3. The molecule has 0 aliphatic rings. The molecule has 0 aromatic carbocycles. The predicted molar refractivity (Wildman–Crippen MR) is 60.0 cm³/mol. The Kier molecular flexibility index (Phi) is 5.23. The number of likely N-dealkylation sites (N-methyl/N-ethyl adjacent to an activating group) is 1. The summed E-state index contributed by atoms with van der Waals surface area (Å²) < 4.78 is 5.41. The molecule has 0 amide bonds. The van der Waals surface area contributed by atoms with Crippen molar-refractivity contribution in [3.8, 4) is 11.9 Å². The summed E-state index contributed by atoms with van der Waals surface area (Å²) in [5.74, 6) is 0.464. The molecular weight excluding hydrogens is 204 g/mol. The molecule has 0 aliphatic carbocycles. The molecule has 0 bridgehead atoms. The highest BCUT2D eigenvalue weighted by Gasteiger charge is 2.00. The second kappa shape index (κ2) is 6.75. The van der Waals surface area contributed by atoms with Gasteiger partial charge in [0, 0.05) is 6.54 Å². The van der Waals surface area contributed by atoms with Crippen molar-refractivity contribution in [3.63, 3.8) is 0 Å². The van der Waals surface area contributed by atoms with Gasteiger partial charge in [-0.2, -0.15) is 5.26 Å². The summed E-state index contributed by atoms with van der Waals surface area (Å²) in [5.41, 5.74) is 0.302. The summed E-state index contributed by atoms with van der Waals surface area (Å²) >= 11 is 0. The number of rotatable bonds is 6. The number of aromatic nitrogens is 2. The SMILES string of the molecule is CCN(CC)CCOc1cnc(C#N)cn1. The van der Waals surface area contributed by atoms with E-state index in [-0.39, 0.29) is 0 Å². The fourth-order valence-corrected chi connectivity index (χ4v) is 1.27. The van der Waals surface area contributed by atoms with E-state index in [2.05, 4.69) is 28.7 Å². The van der Waals surface area contributed by atoms with Crippen LogP contribution < -0.4 is 4.74 Å². The van der Waals surface area contributed by atoms with Gasteiger partial charge in [-0.1, -0.05) is 13.8 Å². The third kappa shape index (κ3) is 3.83. The van der Waals surface area contributed by atoms with Crippen LogP contribution in [0.5, 0.6) is 5.88 Å². The number of nitriles is 1. The van der Waals surface area contributed by atoms with Crippen LogP contribution in [-0.2, 0) is 0 Å². The lowest BCUT2D eigenvalue weighted by atomic mass is 10.5. The fourth-order valence-electron chi connectivity index (χ4n) is 1.27. The normalized spacial score (nSPS) is 10.1. The Morgan fingerprint density at radius 2 is 2.06 bits per heavy atom. The van der Waals surface area contributed by atoms with Crippen LogP contribution in [0.4, 0.5) is 0 Å². The van der Waals surface area contributed by atoms with Crippen molar-refractivity contribution >= 4 is 0 Å². The Balaban J connectivity index is 2.34. The van der Waals surface area contributed by atoms with Gasteiger partial charge in [0.05, 0.1) is 12.4 Å². The molecule has 16 heavy (non-hydrogen) atoms. The first-order valence-corrected chi connectivity index (χ1v) is 5.37. The highest BCUT2D eigenvalue weighted by Crippen LogP contribution is 2.03. The molecule has 0 saturated heterocycles. The van der Waals surface area contributed by atoms with Crippen LogP contribution in [0.1, 0.15) is 19.5 Å². The van der Waals surface area contributed by atoms with Gasteiger partial charge in [0.2, 0.25) is 5.88 Å². The molecule has 0 atom stereocenters. The maximum absolute atomic E-state index is 8.54. The topological polar surface area (TPSA) is 62.0 Å². The van der Waals surface area contributed by atoms with Crippen LogP contribution in [-0.4, -0.2) is 41.1 Å². The molecule has 1 aromatic rings. The van der Waals surface area contributed by atoms with E-state index in [1.807, 2.05) is 6.07 Å². The molecule has 0 N–H and O–H groups in total. The van der Waals surface area contributed by atoms with Crippen molar-refractivity contribution in [2.24, 2.45) is 0 Å². The molecule has 86 valence electrons. The first-order valence-electron chi connectivity index (χ1n) is 5.37. The molecule has 0 aliphatic heterocycles. The van der Waals surface area contributed by atoms with Crippen molar-refractivity contribution < 1.29 is 4.74 Å². The molecule has 0 radical (unpaired) electrons. The number of ether oxygens (including phenoxy) is 1. The molecule has 5 nitrogen and oxygen atoms in total. The predicted octanol–water partition coefficient (Wildman–Crippen LogP) is 1.07. The minimum absolute atomic E-state index is 0.302. The minimum atomic E-state index is 0.302. The highest BCUT2D eigenvalue weighted by atomic mass is 16.5. The van der Waals surface area contributed by atoms with Crippen molar-refractivity contribution in [2.45, 2.75) is 13.8 Å². The summed E-state index contributed by atoms with van der Waals surface area (Å²) in [5, 5.41) is 8.54. The molecule has 1 aromatic heterocycles. The smallest absolute Gasteiger partial charge is 0.232 e. The zero-order valence-corrected chi connectivity index (χ0v) is 9.68. The monoisotopic (exact) mass is 220 g/mol. The number of hydrogen-bond donors (Lipinski definition) is 0. The Morgan fingerprint density at radius 1 is 1.31 bits per heavy atom. The average Bonchev–Trinajstić information content (AvgIpc) is 2.35. The van der Waals surface area contributed by atoms with Crippen molar-refractivity contribution in [1.29, 1.82) is 5.26 Å². The lowest BCUT2D eigenvalue weighted by molar-refractivity contribution is 0.217. The van der Waals surface area contributed by atoms with E-state index < -0.39 is 0 Å². The molecule has 0 saturated carbocycles. The van der Waals surface area contributed by atoms with Gasteiger partial charge in [0.25, 0.3) is 0 Å². The molecule has 5 heteroatoms. The first kappa shape index (κ1) is 12.4. The molecule has 0 unspecified atom stereocenters. The third-order valence-electron chi connectivity index (χ3n) is 2.29. The van der Waals surface area contributed by atoms with Crippen LogP contribution in [0.2, 0.25) is 0 Å². The van der Waals surface area contributed by atoms with Gasteiger partial charge >= 0.3 is 0 Å². The van der Waals surface area contributed by atoms with Gasteiger partial charge in [-0.3, -0.25) is 0 Å². The van der Waals surface area contributed by atoms with Crippen LogP contribution in [0.25, 0.3) is 0 Å². The molecule has 1 rings (SSSR count). The van der Waals surface area contributed by atoms with Gasteiger partial charge < -0.3 is 9.64 Å². The Bertz CT molecular complexity index is 340. The van der Waals surface area contributed by atoms with Crippen LogP contribution in [0.3, 0.4) is 0 Å². The van der Waals surface area contributed by atoms with E-state index >= 15 is 0 Å². The van der Waals surface area contributed by atoms with Crippen LogP contribution >= 0.6 is 0 Å². The zero-order valence-electron chi connectivity index (χ0n) is 9.68. The lowest BCUT2D eigenvalue weighted by Crippen LogP contribution is -2.28. The van der Waals surface area contributed by atoms with E-state index in [9.17, 15) is 0 Å². The van der Waals surface area contributed by atoms with Gasteiger partial charge in [0.1, 0.15) is 12.7 Å². The second-order valence-corrected chi connectivity index (χ2v) is 3.23. The molecular formula is C11H16N4O. The van der Waals surface area contributed by atoms with Gasteiger partial charge in [-0.05, 0) is 13.1 Å². The van der Waals surface area contributed by atoms with Gasteiger partial charge in [-0.15, -0.1) is 0 Å². The van der Waals surface area contributed by atoms with E-state index in [1.54, 1.807) is 0 Å². The average molecular weight is 220 g/mol. The van der Waals surface area contributed by atoms with Gasteiger partial charge in [-0.25, -0.2) is 9.97 Å². The van der Waals surface area contributed by atoms with Crippen molar-refractivity contribution in [3.05, 3.63) is 18.1 Å². The third-order valence-corrected chi connectivity index (χ3v) is 2.29. The highest BCUT2D eigenvalue weighted by molar-refractivity contribution is 5.18. The van der Waals surface area contributed by atoms with E-state index in [1.165, 1.54) is 12.4 Å². The van der Waals surface area contributed by atoms with Crippen molar-refractivity contribution in [2.75, 3.05) is 26.2 Å². The maximum Gasteiger partial charge on any atom is 0.232 e. The Morgan fingerprint density at radius 3 is 2.56 bits per heavy atom. The number of nitrogens with zero attached hydrogens (tertiary/aromatic N) is 4. The minimum Gasteiger partial charge on any atom is -0.475 e. The van der Waals surface area contributed by atoms with Gasteiger partial charge in [0.15, 0.2) is 5.69 Å². The fraction of sp³-hybridized carbons (Fsp3) is 0.545. The largest absolute Gasteiger partial charge is 0.475 e. The van der Waals surface area contributed by atoms with Crippen LogP contribution in [0.15, 0.2) is 12.4 Å². The van der Waals surface area contributed by atoms with E-state index in [0.29, 0.717) is 18.2 Å². The lowest BCUT2D eigenvalue weighted by Gasteiger charge is -2.17. The number of hydrogen-bond acceptors (Lipinski definition) is 5.